The van der Waals surface area contributed by atoms with Crippen molar-refractivity contribution in [2.75, 3.05) is 32.1 Å². The number of nitrogens with zero attached hydrogens (tertiary/aromatic N) is 1. The number of hydrogen-bond donors (Lipinski definition) is 1. The molecule has 0 aliphatic rings. The van der Waals surface area contributed by atoms with Crippen molar-refractivity contribution in [3.63, 3.8) is 0 Å². The lowest BCUT2D eigenvalue weighted by Crippen LogP contribution is -2.27. The molecule has 0 saturated carbocycles. The zero-order valence-corrected chi connectivity index (χ0v) is 12.9. The quantitative estimate of drug-likeness (QED) is 0.780. The van der Waals surface area contributed by atoms with E-state index in [1.165, 1.54) is 11.3 Å². The SMILES string of the molecule is CCCNC(COC(C)C)c1ccc(N(C)C)cc1. The van der Waals surface area contributed by atoms with E-state index in [4.69, 9.17) is 4.74 Å². The van der Waals surface area contributed by atoms with Crippen LogP contribution in [0.15, 0.2) is 24.3 Å². The summed E-state index contributed by atoms with van der Waals surface area (Å²) in [5, 5.41) is 3.55. The highest BCUT2D eigenvalue weighted by molar-refractivity contribution is 5.46. The van der Waals surface area contributed by atoms with Crippen molar-refractivity contribution < 1.29 is 4.74 Å². The summed E-state index contributed by atoms with van der Waals surface area (Å²) in [6.07, 6.45) is 1.40. The summed E-state index contributed by atoms with van der Waals surface area (Å²) in [5.41, 5.74) is 2.52. The van der Waals surface area contributed by atoms with Gasteiger partial charge in [-0.2, -0.15) is 0 Å². The second-order valence-corrected chi connectivity index (χ2v) is 5.37. The van der Waals surface area contributed by atoms with Crippen LogP contribution in [0.25, 0.3) is 0 Å². The fraction of sp³-hybridized carbons (Fsp3) is 0.625. The van der Waals surface area contributed by atoms with Gasteiger partial charge in [-0.25, -0.2) is 0 Å². The smallest absolute Gasteiger partial charge is 0.0664 e. The third-order valence-electron chi connectivity index (χ3n) is 3.05. The normalized spacial score (nSPS) is 12.7. The van der Waals surface area contributed by atoms with Crippen LogP contribution in [0.5, 0.6) is 0 Å². The van der Waals surface area contributed by atoms with Gasteiger partial charge in [0.1, 0.15) is 0 Å². The molecule has 0 fully saturated rings. The predicted octanol–water partition coefficient (Wildman–Crippen LogP) is 3.22. The van der Waals surface area contributed by atoms with Gasteiger partial charge in [0, 0.05) is 19.8 Å². The Bertz CT molecular complexity index is 346. The van der Waals surface area contributed by atoms with E-state index in [1.807, 2.05) is 0 Å². The Hall–Kier alpha value is -1.06. The number of anilines is 1. The van der Waals surface area contributed by atoms with Crippen molar-refractivity contribution in [2.45, 2.75) is 39.3 Å². The Morgan fingerprint density at radius 1 is 1.16 bits per heavy atom. The largest absolute Gasteiger partial charge is 0.378 e. The Kier molecular flexibility index (Phi) is 6.89. The van der Waals surface area contributed by atoms with Crippen molar-refractivity contribution in [3.8, 4) is 0 Å². The van der Waals surface area contributed by atoms with Gasteiger partial charge in [0.05, 0.1) is 18.8 Å². The summed E-state index contributed by atoms with van der Waals surface area (Å²) >= 11 is 0. The monoisotopic (exact) mass is 264 g/mol. The van der Waals surface area contributed by atoms with E-state index in [2.05, 4.69) is 69.3 Å². The lowest BCUT2D eigenvalue weighted by Gasteiger charge is -2.21. The topological polar surface area (TPSA) is 24.5 Å². The van der Waals surface area contributed by atoms with Gasteiger partial charge in [-0.05, 0) is 44.5 Å². The summed E-state index contributed by atoms with van der Waals surface area (Å²) < 4.78 is 5.76. The number of rotatable bonds is 8. The molecule has 1 atom stereocenters. The van der Waals surface area contributed by atoms with Crippen LogP contribution in [0.4, 0.5) is 5.69 Å². The van der Waals surface area contributed by atoms with Crippen LogP contribution >= 0.6 is 0 Å². The molecule has 1 N–H and O–H groups in total. The maximum absolute atomic E-state index is 5.76. The summed E-state index contributed by atoms with van der Waals surface area (Å²) in [6.45, 7) is 8.07. The summed E-state index contributed by atoms with van der Waals surface area (Å²) in [5.74, 6) is 0. The highest BCUT2D eigenvalue weighted by atomic mass is 16.5. The minimum Gasteiger partial charge on any atom is -0.378 e. The molecule has 0 spiro atoms. The second-order valence-electron chi connectivity index (χ2n) is 5.37. The van der Waals surface area contributed by atoms with Crippen molar-refractivity contribution in [3.05, 3.63) is 29.8 Å². The van der Waals surface area contributed by atoms with Crippen LogP contribution < -0.4 is 10.2 Å². The van der Waals surface area contributed by atoms with Crippen molar-refractivity contribution in [2.24, 2.45) is 0 Å². The molecule has 0 aromatic heterocycles. The van der Waals surface area contributed by atoms with Crippen molar-refractivity contribution >= 4 is 5.69 Å². The fourth-order valence-electron chi connectivity index (χ4n) is 1.89. The van der Waals surface area contributed by atoms with Crippen LogP contribution in [0, 0.1) is 0 Å². The molecule has 3 heteroatoms. The van der Waals surface area contributed by atoms with Crippen molar-refractivity contribution in [1.29, 1.82) is 0 Å². The van der Waals surface area contributed by atoms with E-state index in [0.29, 0.717) is 0 Å². The predicted molar refractivity (Wildman–Crippen MR) is 82.9 cm³/mol. The minimum absolute atomic E-state index is 0.270. The third kappa shape index (κ3) is 5.62. The molecule has 1 aromatic rings. The first kappa shape index (κ1) is 16.0. The molecular weight excluding hydrogens is 236 g/mol. The zero-order valence-electron chi connectivity index (χ0n) is 12.9. The van der Waals surface area contributed by atoms with Gasteiger partial charge in [-0.1, -0.05) is 19.1 Å². The molecule has 1 aromatic carbocycles. The molecule has 0 aliphatic carbocycles. The number of benzene rings is 1. The average molecular weight is 264 g/mol. The average Bonchev–Trinajstić information content (AvgIpc) is 2.39. The third-order valence-corrected chi connectivity index (χ3v) is 3.05. The molecule has 0 aliphatic heterocycles. The second kappa shape index (κ2) is 8.18. The van der Waals surface area contributed by atoms with Gasteiger partial charge >= 0.3 is 0 Å². The Balaban J connectivity index is 2.71. The molecule has 0 saturated heterocycles. The molecule has 3 nitrogen and oxygen atoms in total. The number of ether oxygens (including phenoxy) is 1. The molecule has 1 rings (SSSR count). The van der Waals surface area contributed by atoms with Crippen LogP contribution in [0.3, 0.4) is 0 Å². The molecule has 108 valence electrons. The van der Waals surface area contributed by atoms with Crippen LogP contribution in [0.2, 0.25) is 0 Å². The van der Waals surface area contributed by atoms with Gasteiger partial charge in [0.2, 0.25) is 0 Å². The maximum Gasteiger partial charge on any atom is 0.0664 e. The molecule has 19 heavy (non-hydrogen) atoms. The van der Waals surface area contributed by atoms with Crippen LogP contribution in [0.1, 0.15) is 38.8 Å². The number of nitrogens with one attached hydrogen (secondary N) is 1. The summed E-state index contributed by atoms with van der Waals surface area (Å²) in [7, 11) is 4.12. The van der Waals surface area contributed by atoms with E-state index in [1.54, 1.807) is 0 Å². The van der Waals surface area contributed by atoms with Gasteiger partial charge < -0.3 is 15.0 Å². The van der Waals surface area contributed by atoms with Gasteiger partial charge in [0.15, 0.2) is 0 Å². The minimum atomic E-state index is 0.270. The molecule has 0 heterocycles. The zero-order chi connectivity index (χ0) is 14.3. The Morgan fingerprint density at radius 2 is 1.79 bits per heavy atom. The van der Waals surface area contributed by atoms with Gasteiger partial charge in [-0.3, -0.25) is 0 Å². The molecule has 0 amide bonds. The molecule has 0 radical (unpaired) electrons. The number of hydrogen-bond acceptors (Lipinski definition) is 3. The van der Waals surface area contributed by atoms with E-state index >= 15 is 0 Å². The first-order chi connectivity index (χ1) is 9.04. The fourth-order valence-corrected chi connectivity index (χ4v) is 1.89. The highest BCUT2D eigenvalue weighted by Gasteiger charge is 2.11. The highest BCUT2D eigenvalue weighted by Crippen LogP contribution is 2.18. The van der Waals surface area contributed by atoms with E-state index in [-0.39, 0.29) is 12.1 Å². The maximum atomic E-state index is 5.76. The lowest BCUT2D eigenvalue weighted by molar-refractivity contribution is 0.0611. The Labute approximate surface area is 118 Å². The van der Waals surface area contributed by atoms with Crippen LogP contribution in [-0.2, 0) is 4.74 Å². The first-order valence-corrected chi connectivity index (χ1v) is 7.16. The standard InChI is InChI=1S/C16H28N2O/c1-6-11-17-16(12-19-13(2)3)14-7-9-15(10-8-14)18(4)5/h7-10,13,16-17H,6,11-12H2,1-5H3. The summed E-state index contributed by atoms with van der Waals surface area (Å²) in [4.78, 5) is 2.11. The van der Waals surface area contributed by atoms with E-state index < -0.39 is 0 Å². The van der Waals surface area contributed by atoms with Crippen molar-refractivity contribution in [1.82, 2.24) is 5.32 Å². The van der Waals surface area contributed by atoms with Gasteiger partial charge in [-0.15, -0.1) is 0 Å². The van der Waals surface area contributed by atoms with E-state index in [9.17, 15) is 0 Å². The summed E-state index contributed by atoms with van der Waals surface area (Å²) in [6, 6.07) is 8.97. The molecule has 0 bridgehead atoms. The molecular formula is C16H28N2O. The first-order valence-electron chi connectivity index (χ1n) is 7.16. The van der Waals surface area contributed by atoms with E-state index in [0.717, 1.165) is 19.6 Å². The lowest BCUT2D eigenvalue weighted by atomic mass is 10.1. The van der Waals surface area contributed by atoms with Gasteiger partial charge in [0.25, 0.3) is 0 Å². The van der Waals surface area contributed by atoms with Crippen LogP contribution in [-0.4, -0.2) is 33.4 Å². The Morgan fingerprint density at radius 3 is 2.26 bits per heavy atom. The molecule has 1 unspecified atom stereocenters.